The fraction of sp³-hybridized carbons (Fsp3) is 0.750. The van der Waals surface area contributed by atoms with Crippen LogP contribution in [0.1, 0.15) is 37.1 Å². The quantitative estimate of drug-likeness (QED) is 0.836. The van der Waals surface area contributed by atoms with Crippen LogP contribution in [-0.2, 0) is 14.8 Å². The van der Waals surface area contributed by atoms with Crippen molar-refractivity contribution in [3.8, 4) is 0 Å². The van der Waals surface area contributed by atoms with Crippen LogP contribution in [0.15, 0.2) is 9.42 Å². The van der Waals surface area contributed by atoms with Crippen LogP contribution in [0.25, 0.3) is 0 Å². The number of hydrogen-bond acceptors (Lipinski definition) is 6. The Balaban J connectivity index is 1.70. The molecule has 9 heteroatoms. The highest BCUT2D eigenvalue weighted by Gasteiger charge is 2.35. The highest BCUT2D eigenvalue weighted by Crippen LogP contribution is 2.28. The number of carbonyl (C=O) groups is 1. The third-order valence-corrected chi connectivity index (χ3v) is 7.30. The maximum atomic E-state index is 12.9. The van der Waals surface area contributed by atoms with Crippen LogP contribution in [0.2, 0.25) is 0 Å². The lowest BCUT2D eigenvalue weighted by Gasteiger charge is -2.24. The molecule has 0 bridgehead atoms. The molecule has 0 aromatic carbocycles. The molecule has 1 amide bonds. The fourth-order valence-corrected chi connectivity index (χ4v) is 5.59. The second-order valence-corrected chi connectivity index (χ2v) is 8.88. The molecule has 25 heavy (non-hydrogen) atoms. The lowest BCUT2D eigenvalue weighted by atomic mass is 10.1. The summed E-state index contributed by atoms with van der Waals surface area (Å²) in [6, 6.07) is 0.109. The van der Waals surface area contributed by atoms with E-state index in [9.17, 15) is 13.2 Å². The zero-order valence-electron chi connectivity index (χ0n) is 14.8. The first kappa shape index (κ1) is 18.3. The summed E-state index contributed by atoms with van der Waals surface area (Å²) in [7, 11) is -3.66. The predicted molar refractivity (Wildman–Crippen MR) is 91.2 cm³/mol. The number of rotatable bonds is 3. The van der Waals surface area contributed by atoms with Gasteiger partial charge >= 0.3 is 0 Å². The van der Waals surface area contributed by atoms with E-state index in [4.69, 9.17) is 10.3 Å². The van der Waals surface area contributed by atoms with Crippen molar-refractivity contribution < 1.29 is 17.7 Å². The van der Waals surface area contributed by atoms with E-state index in [1.54, 1.807) is 18.7 Å². The van der Waals surface area contributed by atoms with E-state index >= 15 is 0 Å². The third-order valence-electron chi connectivity index (χ3n) is 5.15. The average Bonchev–Trinajstić information content (AvgIpc) is 3.03. The molecule has 2 unspecified atom stereocenters. The summed E-state index contributed by atoms with van der Waals surface area (Å²) in [4.78, 5) is 14.6. The van der Waals surface area contributed by atoms with Crippen LogP contribution in [0, 0.1) is 19.8 Å². The molecule has 0 spiro atoms. The van der Waals surface area contributed by atoms with Crippen molar-refractivity contribution in [2.45, 2.75) is 50.5 Å². The Morgan fingerprint density at radius 1 is 1.20 bits per heavy atom. The zero-order chi connectivity index (χ0) is 18.2. The van der Waals surface area contributed by atoms with Crippen LogP contribution >= 0.6 is 0 Å². The Morgan fingerprint density at radius 2 is 1.96 bits per heavy atom. The van der Waals surface area contributed by atoms with Crippen LogP contribution < -0.4 is 5.73 Å². The van der Waals surface area contributed by atoms with Crippen molar-refractivity contribution in [1.29, 1.82) is 0 Å². The van der Waals surface area contributed by atoms with Gasteiger partial charge in [0.05, 0.1) is 0 Å². The number of aromatic nitrogens is 1. The molecule has 3 rings (SSSR count). The maximum absolute atomic E-state index is 12.9. The SMILES string of the molecule is Cc1noc(C)c1S(=O)(=O)N1CCCN(C(=O)C2CCC(N)C2)CC1. The lowest BCUT2D eigenvalue weighted by molar-refractivity contribution is -0.135. The molecule has 2 fully saturated rings. The van der Waals surface area contributed by atoms with E-state index in [1.807, 2.05) is 0 Å². The molecule has 2 N–H and O–H groups in total. The Bertz CT molecular complexity index is 726. The van der Waals surface area contributed by atoms with Crippen LogP contribution in [0.4, 0.5) is 0 Å². The molecular formula is C16H26N4O4S. The first-order chi connectivity index (χ1) is 11.8. The second kappa shape index (κ2) is 7.05. The molecule has 2 atom stereocenters. The van der Waals surface area contributed by atoms with E-state index in [-0.39, 0.29) is 29.3 Å². The van der Waals surface area contributed by atoms with Crippen LogP contribution in [0.5, 0.6) is 0 Å². The van der Waals surface area contributed by atoms with Crippen molar-refractivity contribution >= 4 is 15.9 Å². The largest absolute Gasteiger partial charge is 0.360 e. The number of nitrogens with zero attached hydrogens (tertiary/aromatic N) is 3. The number of amides is 1. The predicted octanol–water partition coefficient (Wildman–Crippen LogP) is 0.642. The zero-order valence-corrected chi connectivity index (χ0v) is 15.6. The molecule has 140 valence electrons. The molecule has 1 saturated carbocycles. The minimum Gasteiger partial charge on any atom is -0.360 e. The third kappa shape index (κ3) is 3.58. The summed E-state index contributed by atoms with van der Waals surface area (Å²) >= 11 is 0. The summed E-state index contributed by atoms with van der Waals surface area (Å²) < 4.78 is 32.3. The molecular weight excluding hydrogens is 344 g/mol. The lowest BCUT2D eigenvalue weighted by Crippen LogP contribution is -2.40. The summed E-state index contributed by atoms with van der Waals surface area (Å²) in [5.74, 6) is 0.403. The van der Waals surface area contributed by atoms with Gasteiger partial charge < -0.3 is 15.2 Å². The highest BCUT2D eigenvalue weighted by molar-refractivity contribution is 7.89. The first-order valence-electron chi connectivity index (χ1n) is 8.78. The van der Waals surface area contributed by atoms with Crippen LogP contribution in [0.3, 0.4) is 0 Å². The number of carbonyl (C=O) groups excluding carboxylic acids is 1. The molecule has 2 heterocycles. The van der Waals surface area contributed by atoms with Gasteiger partial charge in [-0.1, -0.05) is 5.16 Å². The van der Waals surface area contributed by atoms with Gasteiger partial charge in [0.2, 0.25) is 15.9 Å². The second-order valence-electron chi connectivity index (χ2n) is 7.01. The topological polar surface area (TPSA) is 110 Å². The Hall–Kier alpha value is -1.45. The monoisotopic (exact) mass is 370 g/mol. The molecule has 0 radical (unpaired) electrons. The van der Waals surface area contributed by atoms with Gasteiger partial charge in [0.15, 0.2) is 5.76 Å². The van der Waals surface area contributed by atoms with E-state index in [1.165, 1.54) is 4.31 Å². The maximum Gasteiger partial charge on any atom is 0.248 e. The van der Waals surface area contributed by atoms with Crippen molar-refractivity contribution in [1.82, 2.24) is 14.4 Å². The van der Waals surface area contributed by atoms with E-state index in [2.05, 4.69) is 5.16 Å². The van der Waals surface area contributed by atoms with Crippen molar-refractivity contribution in [2.24, 2.45) is 11.7 Å². The van der Waals surface area contributed by atoms with Crippen molar-refractivity contribution in [3.05, 3.63) is 11.5 Å². The molecule has 1 aromatic rings. The average molecular weight is 370 g/mol. The number of aryl methyl sites for hydroxylation is 2. The van der Waals surface area contributed by atoms with E-state index < -0.39 is 10.0 Å². The molecule has 2 aliphatic rings. The summed E-state index contributed by atoms with van der Waals surface area (Å²) in [5, 5.41) is 3.75. The normalized spacial score (nSPS) is 26.0. The highest BCUT2D eigenvalue weighted by atomic mass is 32.2. The number of sulfonamides is 1. The smallest absolute Gasteiger partial charge is 0.248 e. The molecule has 8 nitrogen and oxygen atoms in total. The standard InChI is InChI=1S/C16H26N4O4S/c1-11-15(12(2)24-18-11)25(22,23)20-7-3-6-19(8-9-20)16(21)13-4-5-14(17)10-13/h13-14H,3-10,17H2,1-2H3. The van der Waals surface area contributed by atoms with E-state index in [0.717, 1.165) is 19.3 Å². The van der Waals surface area contributed by atoms with Gasteiger partial charge in [-0.15, -0.1) is 0 Å². The van der Waals surface area contributed by atoms with Gasteiger partial charge in [0.1, 0.15) is 10.6 Å². The summed E-state index contributed by atoms with van der Waals surface area (Å²) in [5.41, 5.74) is 6.28. The molecule has 1 saturated heterocycles. The minimum atomic E-state index is -3.66. The first-order valence-corrected chi connectivity index (χ1v) is 10.2. The molecule has 1 aromatic heterocycles. The molecule has 1 aliphatic carbocycles. The number of hydrogen-bond donors (Lipinski definition) is 1. The van der Waals surface area contributed by atoms with Gasteiger partial charge in [-0.25, -0.2) is 8.42 Å². The fourth-order valence-electron chi connectivity index (χ4n) is 3.83. The molecule has 1 aliphatic heterocycles. The van der Waals surface area contributed by atoms with Crippen molar-refractivity contribution in [2.75, 3.05) is 26.2 Å². The summed E-state index contributed by atoms with van der Waals surface area (Å²) in [6.07, 6.45) is 3.07. The Morgan fingerprint density at radius 3 is 2.56 bits per heavy atom. The van der Waals surface area contributed by atoms with E-state index in [0.29, 0.717) is 37.5 Å². The van der Waals surface area contributed by atoms with Gasteiger partial charge in [-0.3, -0.25) is 4.79 Å². The van der Waals surface area contributed by atoms with Crippen molar-refractivity contribution in [3.63, 3.8) is 0 Å². The van der Waals surface area contributed by atoms with Crippen LogP contribution in [-0.4, -0.2) is 60.9 Å². The summed E-state index contributed by atoms with van der Waals surface area (Å²) in [6.45, 7) is 4.90. The minimum absolute atomic E-state index is 0.0132. The van der Waals surface area contributed by atoms with Gasteiger partial charge in [-0.05, 0) is 39.5 Å². The van der Waals surface area contributed by atoms with Gasteiger partial charge in [0.25, 0.3) is 0 Å². The van der Waals surface area contributed by atoms with Gasteiger partial charge in [-0.2, -0.15) is 4.31 Å². The van der Waals surface area contributed by atoms with Gasteiger partial charge in [0, 0.05) is 38.1 Å². The Labute approximate surface area is 148 Å². The number of nitrogens with two attached hydrogens (primary N) is 1. The Kier molecular flexibility index (Phi) is 5.17.